The van der Waals surface area contributed by atoms with Crippen LogP contribution in [-0.4, -0.2) is 15.0 Å². The highest BCUT2D eigenvalue weighted by Gasteiger charge is 2.08. The van der Waals surface area contributed by atoms with E-state index in [4.69, 9.17) is 17.3 Å². The van der Waals surface area contributed by atoms with Gasteiger partial charge in [-0.1, -0.05) is 11.6 Å². The number of halogens is 2. The van der Waals surface area contributed by atoms with Crippen LogP contribution in [0.1, 0.15) is 0 Å². The molecule has 2 aromatic heterocycles. The van der Waals surface area contributed by atoms with E-state index in [0.717, 1.165) is 5.52 Å². The molecule has 0 aliphatic heterocycles. The highest BCUT2D eigenvalue weighted by molar-refractivity contribution is 6.31. The largest absolute Gasteiger partial charge is 0.384 e. The molecule has 3 rings (SSSR count). The zero-order valence-corrected chi connectivity index (χ0v) is 9.87. The normalized spacial score (nSPS) is 11.0. The van der Waals surface area contributed by atoms with Crippen LogP contribution in [0.15, 0.2) is 30.3 Å². The predicted octanol–water partition coefficient (Wildman–Crippen LogP) is 3.00. The molecule has 3 aromatic rings. The van der Waals surface area contributed by atoms with Gasteiger partial charge in [-0.25, -0.2) is 14.4 Å². The molecule has 0 unspecified atom stereocenters. The maximum absolute atomic E-state index is 13.1. The number of aromatic nitrogens is 3. The summed E-state index contributed by atoms with van der Waals surface area (Å²) in [6.45, 7) is 0. The number of fused-ring (bicyclic) bond motifs is 1. The summed E-state index contributed by atoms with van der Waals surface area (Å²) in [5, 5.41) is 0.0560. The molecule has 0 saturated carbocycles. The quantitative estimate of drug-likeness (QED) is 0.708. The van der Waals surface area contributed by atoms with Crippen LogP contribution >= 0.6 is 11.6 Å². The van der Waals surface area contributed by atoms with Crippen LogP contribution in [0.4, 0.5) is 10.2 Å². The van der Waals surface area contributed by atoms with Crippen molar-refractivity contribution in [1.29, 1.82) is 0 Å². The predicted molar refractivity (Wildman–Crippen MR) is 68.7 cm³/mol. The molecular formula is C12H8ClFN4. The Bertz CT molecular complexity index is 738. The van der Waals surface area contributed by atoms with Gasteiger partial charge in [0.25, 0.3) is 0 Å². The number of hydrogen-bond donors (Lipinski definition) is 2. The average molecular weight is 263 g/mol. The summed E-state index contributed by atoms with van der Waals surface area (Å²) in [6, 6.07) is 7.88. The second kappa shape index (κ2) is 3.96. The van der Waals surface area contributed by atoms with Crippen molar-refractivity contribution in [3.8, 4) is 11.4 Å². The molecule has 0 fully saturated rings. The summed E-state index contributed by atoms with van der Waals surface area (Å²) >= 11 is 5.74. The van der Waals surface area contributed by atoms with Crippen molar-refractivity contribution in [2.75, 3.05) is 5.73 Å². The van der Waals surface area contributed by atoms with Crippen molar-refractivity contribution in [2.45, 2.75) is 0 Å². The Kier molecular flexibility index (Phi) is 2.41. The number of H-pyrrole nitrogens is 1. The van der Waals surface area contributed by atoms with Crippen molar-refractivity contribution in [3.63, 3.8) is 0 Å². The number of anilines is 1. The topological polar surface area (TPSA) is 67.6 Å². The summed E-state index contributed by atoms with van der Waals surface area (Å²) in [4.78, 5) is 11.5. The van der Waals surface area contributed by atoms with Gasteiger partial charge in [0.2, 0.25) is 0 Å². The molecule has 0 spiro atoms. The molecule has 0 bridgehead atoms. The van der Waals surface area contributed by atoms with Crippen LogP contribution in [0.3, 0.4) is 0 Å². The smallest absolute Gasteiger partial charge is 0.180 e. The fraction of sp³-hybridized carbons (Fsp3) is 0. The van der Waals surface area contributed by atoms with E-state index in [0.29, 0.717) is 22.9 Å². The fourth-order valence-electron chi connectivity index (χ4n) is 1.69. The van der Waals surface area contributed by atoms with Gasteiger partial charge in [-0.2, -0.15) is 0 Å². The first-order valence-corrected chi connectivity index (χ1v) is 5.59. The average Bonchev–Trinajstić information content (AvgIpc) is 2.75. The van der Waals surface area contributed by atoms with Crippen LogP contribution in [0.25, 0.3) is 22.6 Å². The van der Waals surface area contributed by atoms with Gasteiger partial charge < -0.3 is 10.7 Å². The van der Waals surface area contributed by atoms with Crippen molar-refractivity contribution < 1.29 is 4.39 Å². The van der Waals surface area contributed by atoms with Crippen molar-refractivity contribution >= 4 is 28.6 Å². The molecule has 0 amide bonds. The van der Waals surface area contributed by atoms with Gasteiger partial charge in [0.05, 0.1) is 10.5 Å². The third-order valence-electron chi connectivity index (χ3n) is 2.56. The monoisotopic (exact) mass is 262 g/mol. The number of nitrogens with two attached hydrogens (primary N) is 1. The lowest BCUT2D eigenvalue weighted by Gasteiger charge is -1.98. The summed E-state index contributed by atoms with van der Waals surface area (Å²) < 4.78 is 13.1. The second-order valence-electron chi connectivity index (χ2n) is 3.82. The molecule has 0 saturated heterocycles. The lowest BCUT2D eigenvalue weighted by molar-refractivity contribution is 0.628. The third kappa shape index (κ3) is 1.78. The molecular weight excluding hydrogens is 255 g/mol. The van der Waals surface area contributed by atoms with Crippen LogP contribution in [0.5, 0.6) is 0 Å². The van der Waals surface area contributed by atoms with Crippen molar-refractivity contribution in [2.24, 2.45) is 0 Å². The first-order chi connectivity index (χ1) is 8.63. The van der Waals surface area contributed by atoms with Gasteiger partial charge in [-0.15, -0.1) is 0 Å². The number of hydrogen-bond acceptors (Lipinski definition) is 3. The molecule has 1 aromatic carbocycles. The van der Waals surface area contributed by atoms with E-state index in [1.54, 1.807) is 18.2 Å². The highest BCUT2D eigenvalue weighted by Crippen LogP contribution is 2.24. The minimum atomic E-state index is -0.459. The number of nitrogen functional groups attached to an aromatic ring is 1. The zero-order chi connectivity index (χ0) is 12.7. The maximum atomic E-state index is 13.1. The molecule has 2 heterocycles. The number of benzene rings is 1. The number of imidazole rings is 1. The second-order valence-corrected chi connectivity index (χ2v) is 4.23. The van der Waals surface area contributed by atoms with E-state index in [1.807, 2.05) is 0 Å². The molecule has 0 radical (unpaired) electrons. The molecule has 18 heavy (non-hydrogen) atoms. The standard InChI is InChI=1S/C12H8ClFN4/c13-7-5-6(1-2-8(7)14)11-16-9-3-4-10(15)17-12(9)18-11/h1-5H,(H3,15,16,17,18). The van der Waals surface area contributed by atoms with Crippen molar-refractivity contribution in [3.05, 3.63) is 41.2 Å². The summed E-state index contributed by atoms with van der Waals surface area (Å²) in [5.74, 6) is 0.515. The van der Waals surface area contributed by atoms with Crippen LogP contribution in [0, 0.1) is 5.82 Å². The Hall–Kier alpha value is -2.14. The molecule has 6 heteroatoms. The van der Waals surface area contributed by atoms with Gasteiger partial charge in [-0.05, 0) is 30.3 Å². The third-order valence-corrected chi connectivity index (χ3v) is 2.85. The fourth-order valence-corrected chi connectivity index (χ4v) is 1.87. The maximum Gasteiger partial charge on any atom is 0.180 e. The Morgan fingerprint density at radius 2 is 2.00 bits per heavy atom. The van der Waals surface area contributed by atoms with Crippen LogP contribution in [0.2, 0.25) is 5.02 Å². The van der Waals surface area contributed by atoms with E-state index < -0.39 is 5.82 Å². The van der Waals surface area contributed by atoms with E-state index in [2.05, 4.69) is 15.0 Å². The van der Waals surface area contributed by atoms with Gasteiger partial charge in [0, 0.05) is 5.56 Å². The Morgan fingerprint density at radius 3 is 2.78 bits per heavy atom. The first-order valence-electron chi connectivity index (χ1n) is 5.21. The zero-order valence-electron chi connectivity index (χ0n) is 9.11. The van der Waals surface area contributed by atoms with Gasteiger partial charge >= 0.3 is 0 Å². The lowest BCUT2D eigenvalue weighted by Crippen LogP contribution is -1.88. The van der Waals surface area contributed by atoms with Gasteiger partial charge in [0.1, 0.15) is 17.5 Å². The SMILES string of the molecule is Nc1ccc2[nH]c(-c3ccc(F)c(Cl)c3)nc2n1. The minimum Gasteiger partial charge on any atom is -0.384 e. The van der Waals surface area contributed by atoms with Crippen molar-refractivity contribution in [1.82, 2.24) is 15.0 Å². The molecule has 0 aliphatic rings. The minimum absolute atomic E-state index is 0.0560. The first kappa shape index (κ1) is 11.0. The van der Waals surface area contributed by atoms with Gasteiger partial charge in [-0.3, -0.25) is 0 Å². The molecule has 90 valence electrons. The number of aromatic amines is 1. The van der Waals surface area contributed by atoms with E-state index >= 15 is 0 Å². The van der Waals surface area contributed by atoms with Crippen LogP contribution in [-0.2, 0) is 0 Å². The molecule has 3 N–H and O–H groups in total. The summed E-state index contributed by atoms with van der Waals surface area (Å²) in [7, 11) is 0. The van der Waals surface area contributed by atoms with Gasteiger partial charge in [0.15, 0.2) is 5.65 Å². The van der Waals surface area contributed by atoms with E-state index in [-0.39, 0.29) is 5.02 Å². The Morgan fingerprint density at radius 1 is 1.17 bits per heavy atom. The van der Waals surface area contributed by atoms with E-state index in [9.17, 15) is 4.39 Å². The van der Waals surface area contributed by atoms with E-state index in [1.165, 1.54) is 12.1 Å². The lowest BCUT2D eigenvalue weighted by atomic mass is 10.2. The molecule has 0 atom stereocenters. The number of rotatable bonds is 1. The summed E-state index contributed by atoms with van der Waals surface area (Å²) in [5.41, 5.74) is 7.56. The number of nitrogens with one attached hydrogen (secondary N) is 1. The van der Waals surface area contributed by atoms with Crippen LogP contribution < -0.4 is 5.73 Å². The Labute approximate surface area is 107 Å². The summed E-state index contributed by atoms with van der Waals surface area (Å²) in [6.07, 6.45) is 0. The number of pyridine rings is 1. The number of nitrogens with zero attached hydrogens (tertiary/aromatic N) is 2. The molecule has 0 aliphatic carbocycles. The highest BCUT2D eigenvalue weighted by atomic mass is 35.5. The molecule has 4 nitrogen and oxygen atoms in total. The Balaban J connectivity index is 2.16.